The Kier molecular flexibility index (Phi) is 2.82. The number of carbonyl (C=O) groups excluding carboxylic acids is 1. The molecular weight excluding hydrogens is 254 g/mol. The molecule has 1 aliphatic rings. The minimum Gasteiger partial charge on any atom is -0.307 e. The fourth-order valence-corrected chi connectivity index (χ4v) is 2.71. The molecule has 19 heavy (non-hydrogen) atoms. The van der Waals surface area contributed by atoms with E-state index >= 15 is 0 Å². The highest BCUT2D eigenvalue weighted by Gasteiger charge is 2.32. The number of amides is 1. The molecule has 98 valence electrons. The summed E-state index contributed by atoms with van der Waals surface area (Å²) in [7, 11) is 0. The summed E-state index contributed by atoms with van der Waals surface area (Å²) in [4.78, 5) is 14.5. The normalized spacial score (nSPS) is 14.5. The lowest BCUT2D eigenvalue weighted by molar-refractivity contribution is 0.0984. The van der Waals surface area contributed by atoms with E-state index < -0.39 is 0 Å². The predicted octanol–water partition coefficient (Wildman–Crippen LogP) is 3.76. The minimum absolute atomic E-state index is 0.00296. The summed E-state index contributed by atoms with van der Waals surface area (Å²) < 4.78 is 0. The topological polar surface area (TPSA) is 20.3 Å². The number of nitrogens with zero attached hydrogens (tertiary/aromatic N) is 1. The number of thiol groups is 1. The number of hydrogen-bond acceptors (Lipinski definition) is 2. The number of hydrogen-bond donors (Lipinski definition) is 1. The summed E-state index contributed by atoms with van der Waals surface area (Å²) in [6, 6.07) is 12.0. The van der Waals surface area contributed by atoms with Crippen molar-refractivity contribution in [1.29, 1.82) is 0 Å². The second-order valence-corrected chi connectivity index (χ2v) is 6.21. The van der Waals surface area contributed by atoms with Crippen LogP contribution in [-0.2, 0) is 0 Å². The average Bonchev–Trinajstić information content (AvgIpc) is 2.67. The van der Waals surface area contributed by atoms with Gasteiger partial charge in [0, 0.05) is 17.5 Å². The molecule has 0 bridgehead atoms. The Morgan fingerprint density at radius 2 is 1.84 bits per heavy atom. The number of benzene rings is 2. The molecule has 0 saturated heterocycles. The van der Waals surface area contributed by atoms with Gasteiger partial charge < -0.3 is 4.90 Å². The summed E-state index contributed by atoms with van der Waals surface area (Å²) >= 11 is 4.39. The lowest BCUT2D eigenvalue weighted by atomic mass is 9.95. The Hall–Kier alpha value is -1.48. The van der Waals surface area contributed by atoms with Crippen LogP contribution >= 0.6 is 12.6 Å². The first-order chi connectivity index (χ1) is 9.03. The van der Waals surface area contributed by atoms with Crippen molar-refractivity contribution in [3.8, 4) is 0 Å². The highest BCUT2D eigenvalue weighted by Crippen LogP contribution is 2.38. The molecule has 0 radical (unpaired) electrons. The first-order valence-electron chi connectivity index (χ1n) is 6.48. The van der Waals surface area contributed by atoms with E-state index in [1.165, 1.54) is 0 Å². The van der Waals surface area contributed by atoms with Crippen LogP contribution in [0.3, 0.4) is 0 Å². The monoisotopic (exact) mass is 271 g/mol. The van der Waals surface area contributed by atoms with Gasteiger partial charge in [0.05, 0.1) is 5.69 Å². The van der Waals surface area contributed by atoms with Crippen LogP contribution in [0.15, 0.2) is 36.4 Å². The van der Waals surface area contributed by atoms with Crippen molar-refractivity contribution in [3.63, 3.8) is 0 Å². The zero-order chi connectivity index (χ0) is 13.6. The molecule has 1 amide bonds. The molecule has 1 aliphatic heterocycles. The molecule has 0 aromatic heterocycles. The fraction of sp³-hybridized carbons (Fsp3) is 0.312. The quantitative estimate of drug-likeness (QED) is 0.843. The molecule has 0 atom stereocenters. The van der Waals surface area contributed by atoms with E-state index in [0.717, 1.165) is 27.8 Å². The van der Waals surface area contributed by atoms with Gasteiger partial charge in [-0.1, -0.05) is 38.1 Å². The zero-order valence-electron chi connectivity index (χ0n) is 11.2. The van der Waals surface area contributed by atoms with Crippen LogP contribution in [0.25, 0.3) is 10.8 Å². The van der Waals surface area contributed by atoms with Crippen molar-refractivity contribution in [3.05, 3.63) is 42.0 Å². The Labute approximate surface area is 118 Å². The van der Waals surface area contributed by atoms with Crippen LogP contribution in [0, 0.1) is 5.41 Å². The lowest BCUT2D eigenvalue weighted by Gasteiger charge is -2.29. The van der Waals surface area contributed by atoms with Gasteiger partial charge in [0.2, 0.25) is 0 Å². The van der Waals surface area contributed by atoms with Gasteiger partial charge >= 0.3 is 0 Å². The van der Waals surface area contributed by atoms with Gasteiger partial charge in [0.1, 0.15) is 0 Å². The number of rotatable bonds is 3. The van der Waals surface area contributed by atoms with E-state index in [0.29, 0.717) is 6.54 Å². The van der Waals surface area contributed by atoms with E-state index in [4.69, 9.17) is 0 Å². The fourth-order valence-electron chi connectivity index (χ4n) is 2.61. The molecule has 3 rings (SSSR count). The van der Waals surface area contributed by atoms with Gasteiger partial charge in [-0.3, -0.25) is 4.79 Å². The number of anilines is 1. The van der Waals surface area contributed by atoms with Gasteiger partial charge in [0.25, 0.3) is 5.91 Å². The summed E-state index contributed by atoms with van der Waals surface area (Å²) in [6.07, 6.45) is 0. The molecule has 0 saturated carbocycles. The highest BCUT2D eigenvalue weighted by molar-refractivity contribution is 7.80. The van der Waals surface area contributed by atoms with Crippen molar-refractivity contribution in [2.45, 2.75) is 13.8 Å². The summed E-state index contributed by atoms with van der Waals surface area (Å²) in [5.74, 6) is 0.866. The molecule has 0 aliphatic carbocycles. The third kappa shape index (κ3) is 1.93. The summed E-state index contributed by atoms with van der Waals surface area (Å²) in [5.41, 5.74) is 1.86. The van der Waals surface area contributed by atoms with Gasteiger partial charge in [-0.2, -0.15) is 12.6 Å². The third-order valence-corrected chi connectivity index (χ3v) is 4.52. The van der Waals surface area contributed by atoms with Gasteiger partial charge in [-0.15, -0.1) is 0 Å². The smallest absolute Gasteiger partial charge is 0.259 e. The lowest BCUT2D eigenvalue weighted by Crippen LogP contribution is -2.37. The SMILES string of the molecule is CC(C)(CS)CN1C(=O)c2cccc3cccc1c23. The molecule has 0 N–H and O–H groups in total. The average molecular weight is 271 g/mol. The second-order valence-electron chi connectivity index (χ2n) is 5.89. The van der Waals surface area contributed by atoms with Crippen molar-refractivity contribution < 1.29 is 4.79 Å². The highest BCUT2D eigenvalue weighted by atomic mass is 32.1. The Morgan fingerprint density at radius 1 is 1.16 bits per heavy atom. The maximum atomic E-state index is 12.6. The van der Waals surface area contributed by atoms with Crippen molar-refractivity contribution in [2.24, 2.45) is 5.41 Å². The summed E-state index contributed by atoms with van der Waals surface area (Å²) in [5, 5.41) is 2.22. The molecule has 1 heterocycles. The maximum absolute atomic E-state index is 12.6. The van der Waals surface area contributed by atoms with Crippen molar-refractivity contribution in [1.82, 2.24) is 0 Å². The largest absolute Gasteiger partial charge is 0.307 e. The third-order valence-electron chi connectivity index (χ3n) is 3.66. The van der Waals surface area contributed by atoms with Crippen LogP contribution in [0.1, 0.15) is 24.2 Å². The van der Waals surface area contributed by atoms with E-state index in [1.807, 2.05) is 29.2 Å². The van der Waals surface area contributed by atoms with Crippen LogP contribution in [0.2, 0.25) is 0 Å². The molecule has 2 nitrogen and oxygen atoms in total. The first kappa shape index (κ1) is 12.5. The van der Waals surface area contributed by atoms with Gasteiger partial charge in [-0.05, 0) is 28.7 Å². The van der Waals surface area contributed by atoms with E-state index in [2.05, 4.69) is 38.6 Å². The van der Waals surface area contributed by atoms with Crippen LogP contribution < -0.4 is 4.90 Å². The number of carbonyl (C=O) groups is 1. The first-order valence-corrected chi connectivity index (χ1v) is 7.11. The molecule has 3 heteroatoms. The van der Waals surface area contributed by atoms with Crippen molar-refractivity contribution >= 4 is 35.0 Å². The van der Waals surface area contributed by atoms with Crippen molar-refractivity contribution in [2.75, 3.05) is 17.2 Å². The second kappa shape index (κ2) is 4.27. The van der Waals surface area contributed by atoms with Gasteiger partial charge in [0.15, 0.2) is 0 Å². The van der Waals surface area contributed by atoms with Crippen LogP contribution in [0.5, 0.6) is 0 Å². The molecule has 0 unspecified atom stereocenters. The van der Waals surface area contributed by atoms with Gasteiger partial charge in [-0.25, -0.2) is 0 Å². The standard InChI is InChI=1S/C16H17NOS/c1-16(2,10-19)9-17-13-8-4-6-11-5-3-7-12(14(11)13)15(17)18/h3-8,19H,9-10H2,1-2H3. The molecule has 2 aromatic rings. The molecule has 0 spiro atoms. The predicted molar refractivity (Wildman–Crippen MR) is 83.3 cm³/mol. The Morgan fingerprint density at radius 3 is 2.53 bits per heavy atom. The summed E-state index contributed by atoms with van der Waals surface area (Å²) in [6.45, 7) is 4.97. The van der Waals surface area contributed by atoms with E-state index in [9.17, 15) is 4.79 Å². The van der Waals surface area contributed by atoms with E-state index in [-0.39, 0.29) is 11.3 Å². The molecule has 2 aromatic carbocycles. The maximum Gasteiger partial charge on any atom is 0.259 e. The van der Waals surface area contributed by atoms with Crippen LogP contribution in [-0.4, -0.2) is 18.2 Å². The van der Waals surface area contributed by atoms with Crippen LogP contribution in [0.4, 0.5) is 5.69 Å². The Balaban J connectivity index is 2.13. The minimum atomic E-state index is 0.00296. The zero-order valence-corrected chi connectivity index (χ0v) is 12.1. The molecule has 0 fully saturated rings. The Bertz CT molecular complexity index is 658. The van der Waals surface area contributed by atoms with E-state index in [1.54, 1.807) is 0 Å². The molecular formula is C16H17NOS.